The highest BCUT2D eigenvalue weighted by Gasteiger charge is 2.13. The standard InChI is InChI=1S/C16H25N3O2/c1-5-17-16(19-12(4)11(2)3)18-9-13-6-7-14-15(8-13)21-10-20-14/h6-8,11-12H,5,9-10H2,1-4H3,(H2,17,18,19). The summed E-state index contributed by atoms with van der Waals surface area (Å²) in [6.07, 6.45) is 0. The zero-order valence-electron chi connectivity index (χ0n) is 13.3. The molecule has 1 unspecified atom stereocenters. The Morgan fingerprint density at radius 1 is 1.24 bits per heavy atom. The van der Waals surface area contributed by atoms with E-state index in [2.05, 4.69) is 43.3 Å². The number of benzene rings is 1. The van der Waals surface area contributed by atoms with Gasteiger partial charge in [0, 0.05) is 12.6 Å². The zero-order valence-corrected chi connectivity index (χ0v) is 13.3. The van der Waals surface area contributed by atoms with Crippen molar-refractivity contribution in [1.29, 1.82) is 0 Å². The Morgan fingerprint density at radius 3 is 2.71 bits per heavy atom. The van der Waals surface area contributed by atoms with Gasteiger partial charge in [-0.3, -0.25) is 0 Å². The lowest BCUT2D eigenvalue weighted by Gasteiger charge is -2.20. The molecule has 1 aliphatic rings. The highest BCUT2D eigenvalue weighted by Crippen LogP contribution is 2.32. The molecule has 2 N–H and O–H groups in total. The van der Waals surface area contributed by atoms with E-state index in [1.54, 1.807) is 0 Å². The predicted octanol–water partition coefficient (Wildman–Crippen LogP) is 2.51. The fourth-order valence-corrected chi connectivity index (χ4v) is 1.91. The Labute approximate surface area is 126 Å². The van der Waals surface area contributed by atoms with E-state index < -0.39 is 0 Å². The van der Waals surface area contributed by atoms with Gasteiger partial charge in [-0.05, 0) is 37.5 Å². The number of guanidine groups is 1. The Morgan fingerprint density at radius 2 is 2.00 bits per heavy atom. The molecule has 1 heterocycles. The monoisotopic (exact) mass is 291 g/mol. The fraction of sp³-hybridized carbons (Fsp3) is 0.562. The number of hydrogen-bond acceptors (Lipinski definition) is 3. The number of hydrogen-bond donors (Lipinski definition) is 2. The minimum atomic E-state index is 0.304. The van der Waals surface area contributed by atoms with Gasteiger partial charge in [-0.15, -0.1) is 0 Å². The largest absolute Gasteiger partial charge is 0.454 e. The van der Waals surface area contributed by atoms with Crippen LogP contribution in [0.3, 0.4) is 0 Å². The van der Waals surface area contributed by atoms with E-state index in [-0.39, 0.29) is 0 Å². The first-order valence-electron chi connectivity index (χ1n) is 7.53. The molecule has 21 heavy (non-hydrogen) atoms. The van der Waals surface area contributed by atoms with Gasteiger partial charge in [0.1, 0.15) is 0 Å². The zero-order chi connectivity index (χ0) is 15.2. The molecular weight excluding hydrogens is 266 g/mol. The first kappa shape index (κ1) is 15.5. The van der Waals surface area contributed by atoms with E-state index in [1.807, 2.05) is 18.2 Å². The van der Waals surface area contributed by atoms with Crippen LogP contribution >= 0.6 is 0 Å². The third-order valence-corrected chi connectivity index (χ3v) is 3.57. The van der Waals surface area contributed by atoms with Crippen molar-refractivity contribution < 1.29 is 9.47 Å². The van der Waals surface area contributed by atoms with Crippen molar-refractivity contribution in [2.45, 2.75) is 40.3 Å². The van der Waals surface area contributed by atoms with Crippen molar-refractivity contribution in [2.24, 2.45) is 10.9 Å². The number of nitrogens with one attached hydrogen (secondary N) is 2. The quantitative estimate of drug-likeness (QED) is 0.646. The number of rotatable bonds is 5. The lowest BCUT2D eigenvalue weighted by molar-refractivity contribution is 0.174. The molecular formula is C16H25N3O2. The summed E-state index contributed by atoms with van der Waals surface area (Å²) in [6, 6.07) is 6.32. The molecule has 1 aromatic rings. The molecule has 1 aliphatic heterocycles. The summed E-state index contributed by atoms with van der Waals surface area (Å²) in [6.45, 7) is 10.4. The lowest BCUT2D eigenvalue weighted by Crippen LogP contribution is -2.44. The van der Waals surface area contributed by atoms with Crippen LogP contribution in [0.4, 0.5) is 0 Å². The minimum absolute atomic E-state index is 0.304. The van der Waals surface area contributed by atoms with Gasteiger partial charge >= 0.3 is 0 Å². The average Bonchev–Trinajstić information content (AvgIpc) is 2.92. The maximum absolute atomic E-state index is 5.39. The van der Waals surface area contributed by atoms with Gasteiger partial charge in [0.15, 0.2) is 17.5 Å². The summed E-state index contributed by atoms with van der Waals surface area (Å²) in [5.41, 5.74) is 1.11. The van der Waals surface area contributed by atoms with Gasteiger partial charge in [0.2, 0.25) is 6.79 Å². The molecule has 116 valence electrons. The summed E-state index contributed by atoms with van der Waals surface area (Å²) < 4.78 is 10.7. The van der Waals surface area contributed by atoms with Crippen molar-refractivity contribution >= 4 is 5.96 Å². The van der Waals surface area contributed by atoms with Gasteiger partial charge in [-0.2, -0.15) is 0 Å². The lowest BCUT2D eigenvalue weighted by atomic mass is 10.1. The van der Waals surface area contributed by atoms with Crippen LogP contribution in [-0.4, -0.2) is 25.3 Å². The molecule has 0 aliphatic carbocycles. The molecule has 0 fully saturated rings. The van der Waals surface area contributed by atoms with E-state index in [1.165, 1.54) is 0 Å². The molecule has 0 amide bonds. The number of ether oxygens (including phenoxy) is 2. The summed E-state index contributed by atoms with van der Waals surface area (Å²) in [7, 11) is 0. The van der Waals surface area contributed by atoms with Crippen LogP contribution in [-0.2, 0) is 6.54 Å². The van der Waals surface area contributed by atoms with E-state index in [4.69, 9.17) is 9.47 Å². The molecule has 5 heteroatoms. The maximum atomic E-state index is 5.39. The topological polar surface area (TPSA) is 54.9 Å². The summed E-state index contributed by atoms with van der Waals surface area (Å²) in [4.78, 5) is 4.63. The Kier molecular flexibility index (Phi) is 5.31. The molecule has 0 saturated carbocycles. The average molecular weight is 291 g/mol. The van der Waals surface area contributed by atoms with E-state index in [9.17, 15) is 0 Å². The Hall–Kier alpha value is -1.91. The van der Waals surface area contributed by atoms with Gasteiger partial charge in [0.25, 0.3) is 0 Å². The van der Waals surface area contributed by atoms with Crippen molar-refractivity contribution in [3.63, 3.8) is 0 Å². The summed E-state index contributed by atoms with van der Waals surface area (Å²) >= 11 is 0. The second kappa shape index (κ2) is 7.20. The number of aliphatic imine (C=N–C) groups is 1. The first-order chi connectivity index (χ1) is 10.1. The van der Waals surface area contributed by atoms with Crippen molar-refractivity contribution in [2.75, 3.05) is 13.3 Å². The van der Waals surface area contributed by atoms with Gasteiger partial charge < -0.3 is 20.1 Å². The molecule has 0 aromatic heterocycles. The van der Waals surface area contributed by atoms with Crippen LogP contribution in [0, 0.1) is 5.92 Å². The van der Waals surface area contributed by atoms with Gasteiger partial charge in [0.05, 0.1) is 6.54 Å². The van der Waals surface area contributed by atoms with Crippen molar-refractivity contribution in [3.8, 4) is 11.5 Å². The van der Waals surface area contributed by atoms with Crippen LogP contribution < -0.4 is 20.1 Å². The first-order valence-corrected chi connectivity index (χ1v) is 7.53. The third kappa shape index (κ3) is 4.28. The van der Waals surface area contributed by atoms with E-state index in [0.29, 0.717) is 25.3 Å². The SMILES string of the molecule is CCNC(=NCc1ccc2c(c1)OCO2)NC(C)C(C)C. The minimum Gasteiger partial charge on any atom is -0.454 e. The van der Waals surface area contributed by atoms with Crippen molar-refractivity contribution in [3.05, 3.63) is 23.8 Å². The smallest absolute Gasteiger partial charge is 0.231 e. The third-order valence-electron chi connectivity index (χ3n) is 3.57. The highest BCUT2D eigenvalue weighted by molar-refractivity contribution is 5.80. The second-order valence-corrected chi connectivity index (χ2v) is 5.56. The van der Waals surface area contributed by atoms with Crippen LogP contribution in [0.5, 0.6) is 11.5 Å². The molecule has 0 spiro atoms. The van der Waals surface area contributed by atoms with Crippen LogP contribution in [0.1, 0.15) is 33.3 Å². The van der Waals surface area contributed by atoms with Gasteiger partial charge in [-0.1, -0.05) is 19.9 Å². The molecule has 5 nitrogen and oxygen atoms in total. The number of fused-ring (bicyclic) bond motifs is 1. The molecule has 2 rings (SSSR count). The maximum Gasteiger partial charge on any atom is 0.231 e. The molecule has 1 atom stereocenters. The summed E-state index contributed by atoms with van der Waals surface area (Å²) in [5.74, 6) is 3.01. The fourth-order valence-electron chi connectivity index (χ4n) is 1.91. The van der Waals surface area contributed by atoms with Gasteiger partial charge in [-0.25, -0.2) is 4.99 Å². The van der Waals surface area contributed by atoms with Crippen LogP contribution in [0.15, 0.2) is 23.2 Å². The molecule has 0 bridgehead atoms. The predicted molar refractivity (Wildman–Crippen MR) is 84.8 cm³/mol. The van der Waals surface area contributed by atoms with Crippen molar-refractivity contribution in [1.82, 2.24) is 10.6 Å². The number of nitrogens with zero attached hydrogens (tertiary/aromatic N) is 1. The van der Waals surface area contributed by atoms with Crippen LogP contribution in [0.2, 0.25) is 0 Å². The Balaban J connectivity index is 2.01. The summed E-state index contributed by atoms with van der Waals surface area (Å²) in [5, 5.41) is 6.70. The molecule has 0 saturated heterocycles. The second-order valence-electron chi connectivity index (χ2n) is 5.56. The van der Waals surface area contributed by atoms with Crippen LogP contribution in [0.25, 0.3) is 0 Å². The highest BCUT2D eigenvalue weighted by atomic mass is 16.7. The van der Waals surface area contributed by atoms with E-state index >= 15 is 0 Å². The molecule has 1 aromatic carbocycles. The Bertz CT molecular complexity index is 500. The normalized spacial score (nSPS) is 15.2. The van der Waals surface area contributed by atoms with E-state index in [0.717, 1.165) is 29.6 Å². The molecule has 0 radical (unpaired) electrons.